The van der Waals surface area contributed by atoms with Crippen molar-refractivity contribution in [1.29, 1.82) is 0 Å². The Morgan fingerprint density at radius 1 is 1.39 bits per heavy atom. The number of para-hydroxylation sites is 1. The van der Waals surface area contributed by atoms with Crippen molar-refractivity contribution in [1.82, 2.24) is 4.90 Å². The summed E-state index contributed by atoms with van der Waals surface area (Å²) < 4.78 is 5.37. The molecule has 0 radical (unpaired) electrons. The number of hydrogen-bond acceptors (Lipinski definition) is 3. The number of methoxy groups -OCH3 is 1. The summed E-state index contributed by atoms with van der Waals surface area (Å²) in [7, 11) is 1.74. The molecule has 0 aromatic heterocycles. The Labute approximate surface area is 110 Å². The van der Waals surface area contributed by atoms with E-state index in [-0.39, 0.29) is 0 Å². The van der Waals surface area contributed by atoms with Gasteiger partial charge in [-0.15, -0.1) is 0 Å². The lowest BCUT2D eigenvalue weighted by Gasteiger charge is -2.30. The second-order valence-electron chi connectivity index (χ2n) is 5.12. The summed E-state index contributed by atoms with van der Waals surface area (Å²) in [6.45, 7) is 3.41. The summed E-state index contributed by atoms with van der Waals surface area (Å²) >= 11 is 0. The molecular formula is C15H24N2O. The molecule has 0 spiro atoms. The van der Waals surface area contributed by atoms with Gasteiger partial charge in [0.05, 0.1) is 7.11 Å². The average Bonchev–Trinajstić information content (AvgIpc) is 2.39. The fraction of sp³-hybridized carbons (Fsp3) is 0.600. The second-order valence-corrected chi connectivity index (χ2v) is 5.12. The van der Waals surface area contributed by atoms with Gasteiger partial charge in [-0.2, -0.15) is 0 Å². The number of nitrogens with two attached hydrogens (primary N) is 1. The molecule has 0 saturated carbocycles. The Balaban J connectivity index is 1.77. The fourth-order valence-corrected chi connectivity index (χ4v) is 2.70. The third-order valence-corrected chi connectivity index (χ3v) is 3.65. The highest BCUT2D eigenvalue weighted by molar-refractivity contribution is 5.33. The van der Waals surface area contributed by atoms with Gasteiger partial charge in [0, 0.05) is 12.6 Å². The lowest BCUT2D eigenvalue weighted by Crippen LogP contribution is -2.43. The molecule has 1 saturated heterocycles. The van der Waals surface area contributed by atoms with Crippen molar-refractivity contribution < 1.29 is 4.74 Å². The molecule has 1 atom stereocenters. The Morgan fingerprint density at radius 3 is 3.00 bits per heavy atom. The summed E-state index contributed by atoms with van der Waals surface area (Å²) in [5.41, 5.74) is 7.30. The van der Waals surface area contributed by atoms with Crippen molar-refractivity contribution in [2.45, 2.75) is 31.7 Å². The molecule has 100 valence electrons. The van der Waals surface area contributed by atoms with Gasteiger partial charge in [-0.1, -0.05) is 18.2 Å². The number of nitrogens with zero attached hydrogens (tertiary/aromatic N) is 1. The van der Waals surface area contributed by atoms with Crippen LogP contribution in [0.2, 0.25) is 0 Å². The molecule has 1 fully saturated rings. The van der Waals surface area contributed by atoms with Crippen LogP contribution in [0, 0.1) is 0 Å². The van der Waals surface area contributed by atoms with E-state index in [1.165, 1.54) is 31.4 Å². The number of benzene rings is 1. The summed E-state index contributed by atoms with van der Waals surface area (Å²) in [5.74, 6) is 1.01. The van der Waals surface area contributed by atoms with Crippen molar-refractivity contribution >= 4 is 0 Å². The standard InChI is InChI=1S/C15H24N2O/c1-18-15-9-3-2-6-13(15)7-4-10-17-11-5-8-14(16)12-17/h2-3,6,9,14H,4-5,7-8,10-12,16H2,1H3/t14-/m1/s1. The monoisotopic (exact) mass is 248 g/mol. The topological polar surface area (TPSA) is 38.5 Å². The highest BCUT2D eigenvalue weighted by Crippen LogP contribution is 2.19. The molecule has 3 heteroatoms. The summed E-state index contributed by atoms with van der Waals surface area (Å²) in [5, 5.41) is 0. The number of hydrogen-bond donors (Lipinski definition) is 1. The molecule has 1 aromatic carbocycles. The van der Waals surface area contributed by atoms with Crippen LogP contribution in [0.5, 0.6) is 5.75 Å². The van der Waals surface area contributed by atoms with Crippen LogP contribution in [0.3, 0.4) is 0 Å². The van der Waals surface area contributed by atoms with E-state index in [2.05, 4.69) is 17.0 Å². The molecule has 0 bridgehead atoms. The van der Waals surface area contributed by atoms with E-state index < -0.39 is 0 Å². The minimum absolute atomic E-state index is 0.380. The van der Waals surface area contributed by atoms with E-state index in [0.29, 0.717) is 6.04 Å². The number of likely N-dealkylation sites (tertiary alicyclic amines) is 1. The largest absolute Gasteiger partial charge is 0.496 e. The number of piperidine rings is 1. The lowest BCUT2D eigenvalue weighted by molar-refractivity contribution is 0.207. The maximum absolute atomic E-state index is 5.99. The summed E-state index contributed by atoms with van der Waals surface area (Å²) in [6, 6.07) is 8.66. The summed E-state index contributed by atoms with van der Waals surface area (Å²) in [6.07, 6.45) is 4.68. The Morgan fingerprint density at radius 2 is 2.22 bits per heavy atom. The molecule has 2 rings (SSSR count). The van der Waals surface area contributed by atoms with Gasteiger partial charge in [-0.3, -0.25) is 0 Å². The van der Waals surface area contributed by atoms with Crippen molar-refractivity contribution in [2.24, 2.45) is 5.73 Å². The first-order valence-electron chi connectivity index (χ1n) is 6.89. The third kappa shape index (κ3) is 3.72. The van der Waals surface area contributed by atoms with Gasteiger partial charge in [-0.05, 0) is 50.4 Å². The zero-order valence-electron chi connectivity index (χ0n) is 11.3. The van der Waals surface area contributed by atoms with Gasteiger partial charge < -0.3 is 15.4 Å². The maximum atomic E-state index is 5.99. The normalized spacial score (nSPS) is 20.9. The SMILES string of the molecule is COc1ccccc1CCCN1CCC[C@@H](N)C1. The number of aryl methyl sites for hydroxylation is 1. The van der Waals surface area contributed by atoms with Gasteiger partial charge >= 0.3 is 0 Å². The smallest absolute Gasteiger partial charge is 0.122 e. The van der Waals surface area contributed by atoms with Crippen LogP contribution in [0.25, 0.3) is 0 Å². The molecule has 3 nitrogen and oxygen atoms in total. The van der Waals surface area contributed by atoms with Crippen LogP contribution in [0.4, 0.5) is 0 Å². The van der Waals surface area contributed by atoms with E-state index in [9.17, 15) is 0 Å². The molecule has 0 unspecified atom stereocenters. The van der Waals surface area contributed by atoms with Gasteiger partial charge in [-0.25, -0.2) is 0 Å². The zero-order valence-corrected chi connectivity index (χ0v) is 11.3. The predicted octanol–water partition coefficient (Wildman–Crippen LogP) is 2.05. The molecule has 1 aliphatic heterocycles. The van der Waals surface area contributed by atoms with Gasteiger partial charge in [0.15, 0.2) is 0 Å². The molecule has 1 heterocycles. The minimum Gasteiger partial charge on any atom is -0.496 e. The van der Waals surface area contributed by atoms with Crippen LogP contribution >= 0.6 is 0 Å². The van der Waals surface area contributed by atoms with E-state index >= 15 is 0 Å². The van der Waals surface area contributed by atoms with Crippen LogP contribution in [-0.2, 0) is 6.42 Å². The van der Waals surface area contributed by atoms with Crippen LogP contribution < -0.4 is 10.5 Å². The predicted molar refractivity (Wildman–Crippen MR) is 75.0 cm³/mol. The Kier molecular flexibility index (Phi) is 5.02. The molecule has 0 amide bonds. The first-order chi connectivity index (χ1) is 8.79. The van der Waals surface area contributed by atoms with Crippen molar-refractivity contribution in [2.75, 3.05) is 26.7 Å². The molecule has 18 heavy (non-hydrogen) atoms. The van der Waals surface area contributed by atoms with Gasteiger partial charge in [0.2, 0.25) is 0 Å². The number of rotatable bonds is 5. The van der Waals surface area contributed by atoms with E-state index in [4.69, 9.17) is 10.5 Å². The maximum Gasteiger partial charge on any atom is 0.122 e. The van der Waals surface area contributed by atoms with Crippen molar-refractivity contribution in [3.8, 4) is 5.75 Å². The van der Waals surface area contributed by atoms with Crippen LogP contribution in [0.1, 0.15) is 24.8 Å². The molecule has 2 N–H and O–H groups in total. The number of ether oxygens (including phenoxy) is 1. The summed E-state index contributed by atoms with van der Waals surface area (Å²) in [4.78, 5) is 2.49. The van der Waals surface area contributed by atoms with E-state index in [1.54, 1.807) is 7.11 Å². The zero-order chi connectivity index (χ0) is 12.8. The highest BCUT2D eigenvalue weighted by atomic mass is 16.5. The van der Waals surface area contributed by atoms with Crippen molar-refractivity contribution in [3.05, 3.63) is 29.8 Å². The second kappa shape index (κ2) is 6.76. The molecule has 1 aromatic rings. The average molecular weight is 248 g/mol. The van der Waals surface area contributed by atoms with E-state index in [1.807, 2.05) is 12.1 Å². The molecular weight excluding hydrogens is 224 g/mol. The first-order valence-corrected chi connectivity index (χ1v) is 6.89. The quantitative estimate of drug-likeness (QED) is 0.866. The van der Waals surface area contributed by atoms with Crippen LogP contribution in [0.15, 0.2) is 24.3 Å². The molecule has 0 aliphatic carbocycles. The Bertz CT molecular complexity index is 367. The lowest BCUT2D eigenvalue weighted by atomic mass is 10.0. The van der Waals surface area contributed by atoms with Gasteiger partial charge in [0.1, 0.15) is 5.75 Å². The fourth-order valence-electron chi connectivity index (χ4n) is 2.70. The van der Waals surface area contributed by atoms with Gasteiger partial charge in [0.25, 0.3) is 0 Å². The highest BCUT2D eigenvalue weighted by Gasteiger charge is 2.15. The minimum atomic E-state index is 0.380. The molecule has 1 aliphatic rings. The Hall–Kier alpha value is -1.06. The van der Waals surface area contributed by atoms with Crippen molar-refractivity contribution in [3.63, 3.8) is 0 Å². The first kappa shape index (κ1) is 13.4. The van der Waals surface area contributed by atoms with Crippen LogP contribution in [-0.4, -0.2) is 37.7 Å². The van der Waals surface area contributed by atoms with E-state index in [0.717, 1.165) is 25.3 Å². The third-order valence-electron chi connectivity index (χ3n) is 3.65.